The SMILES string of the molecule is COc1ccc(-c2nnc3sc(C4COc5ccccc5O4)nn23)cc1. The first-order chi connectivity index (χ1) is 12.8. The van der Waals surface area contributed by atoms with Crippen molar-refractivity contribution in [2.24, 2.45) is 0 Å². The van der Waals surface area contributed by atoms with Gasteiger partial charge in [0.15, 0.2) is 28.4 Å². The molecular weight excluding hydrogens is 352 g/mol. The van der Waals surface area contributed by atoms with Crippen molar-refractivity contribution in [1.29, 1.82) is 0 Å². The molecule has 0 N–H and O–H groups in total. The summed E-state index contributed by atoms with van der Waals surface area (Å²) in [7, 11) is 1.64. The molecule has 7 nitrogen and oxygen atoms in total. The Kier molecular flexibility index (Phi) is 3.49. The third-order valence-electron chi connectivity index (χ3n) is 4.14. The molecule has 1 atom stereocenters. The van der Waals surface area contributed by atoms with Gasteiger partial charge in [-0.2, -0.15) is 9.61 Å². The third kappa shape index (κ3) is 2.46. The molecule has 0 saturated carbocycles. The molecule has 1 aliphatic rings. The van der Waals surface area contributed by atoms with Gasteiger partial charge >= 0.3 is 0 Å². The monoisotopic (exact) mass is 366 g/mol. The Balaban J connectivity index is 1.48. The Morgan fingerprint density at radius 1 is 1.08 bits per heavy atom. The predicted octanol–water partition coefficient (Wildman–Crippen LogP) is 3.37. The van der Waals surface area contributed by atoms with E-state index in [9.17, 15) is 0 Å². The van der Waals surface area contributed by atoms with E-state index in [2.05, 4.69) is 15.3 Å². The molecule has 130 valence electrons. The van der Waals surface area contributed by atoms with Gasteiger partial charge in [-0.1, -0.05) is 23.5 Å². The first-order valence-electron chi connectivity index (χ1n) is 8.07. The lowest BCUT2D eigenvalue weighted by Gasteiger charge is -2.24. The van der Waals surface area contributed by atoms with E-state index >= 15 is 0 Å². The number of methoxy groups -OCH3 is 1. The van der Waals surface area contributed by atoms with Crippen LogP contribution < -0.4 is 14.2 Å². The van der Waals surface area contributed by atoms with Gasteiger partial charge in [-0.3, -0.25) is 0 Å². The predicted molar refractivity (Wildman–Crippen MR) is 96.0 cm³/mol. The van der Waals surface area contributed by atoms with Crippen LogP contribution in [0, 0.1) is 0 Å². The van der Waals surface area contributed by atoms with Gasteiger partial charge in [-0.15, -0.1) is 10.2 Å². The number of fused-ring (bicyclic) bond motifs is 2. The summed E-state index contributed by atoms with van der Waals surface area (Å²) in [4.78, 5) is 0.716. The van der Waals surface area contributed by atoms with Crippen LogP contribution >= 0.6 is 11.3 Å². The van der Waals surface area contributed by atoms with Crippen molar-refractivity contribution in [3.05, 3.63) is 53.5 Å². The fraction of sp³-hybridized carbons (Fsp3) is 0.167. The summed E-state index contributed by atoms with van der Waals surface area (Å²) in [6.45, 7) is 0.416. The van der Waals surface area contributed by atoms with Crippen LogP contribution in [0.4, 0.5) is 0 Å². The van der Waals surface area contributed by atoms with E-state index in [1.54, 1.807) is 11.6 Å². The van der Waals surface area contributed by atoms with Crippen LogP contribution in [-0.2, 0) is 0 Å². The molecule has 1 aliphatic heterocycles. The Hall–Kier alpha value is -3.13. The molecule has 0 saturated heterocycles. The van der Waals surface area contributed by atoms with Gasteiger partial charge in [0.2, 0.25) is 4.96 Å². The molecule has 2 aromatic heterocycles. The first-order valence-corrected chi connectivity index (χ1v) is 8.88. The zero-order valence-electron chi connectivity index (χ0n) is 13.8. The Labute approximate surface area is 152 Å². The summed E-state index contributed by atoms with van der Waals surface area (Å²) in [5, 5.41) is 14.0. The Bertz CT molecular complexity index is 1070. The van der Waals surface area contributed by atoms with E-state index in [1.807, 2.05) is 48.5 Å². The van der Waals surface area contributed by atoms with E-state index in [-0.39, 0.29) is 6.10 Å². The highest BCUT2D eigenvalue weighted by Gasteiger charge is 2.27. The highest BCUT2D eigenvalue weighted by Crippen LogP contribution is 2.37. The van der Waals surface area contributed by atoms with Crippen LogP contribution in [0.15, 0.2) is 48.5 Å². The summed E-state index contributed by atoms with van der Waals surface area (Å²) in [5.74, 6) is 2.96. The number of para-hydroxylation sites is 2. The number of nitrogens with zero attached hydrogens (tertiary/aromatic N) is 4. The highest BCUT2D eigenvalue weighted by atomic mass is 32.1. The van der Waals surface area contributed by atoms with Gasteiger partial charge in [0.1, 0.15) is 12.4 Å². The van der Waals surface area contributed by atoms with E-state index in [1.165, 1.54) is 11.3 Å². The standard InChI is InChI=1S/C18H14N4O3S/c1-23-12-8-6-11(7-9-12)16-19-20-18-22(16)21-17(26-18)15-10-24-13-4-2-3-5-14(13)25-15/h2-9,15H,10H2,1H3. The van der Waals surface area contributed by atoms with Gasteiger partial charge in [0, 0.05) is 5.56 Å². The van der Waals surface area contributed by atoms with E-state index in [0.717, 1.165) is 27.8 Å². The summed E-state index contributed by atoms with van der Waals surface area (Å²) in [6.07, 6.45) is -0.264. The lowest BCUT2D eigenvalue weighted by molar-refractivity contribution is 0.0904. The maximum Gasteiger partial charge on any atom is 0.235 e. The fourth-order valence-electron chi connectivity index (χ4n) is 2.82. The second kappa shape index (κ2) is 5.99. The van der Waals surface area contributed by atoms with Crippen molar-refractivity contribution < 1.29 is 14.2 Å². The Morgan fingerprint density at radius 3 is 2.69 bits per heavy atom. The lowest BCUT2D eigenvalue weighted by Crippen LogP contribution is -2.21. The minimum atomic E-state index is -0.264. The quantitative estimate of drug-likeness (QED) is 0.554. The molecule has 1 unspecified atom stereocenters. The molecule has 0 bridgehead atoms. The van der Waals surface area contributed by atoms with E-state index < -0.39 is 0 Å². The van der Waals surface area contributed by atoms with E-state index in [0.29, 0.717) is 17.4 Å². The van der Waals surface area contributed by atoms with Crippen LogP contribution in [0.5, 0.6) is 17.2 Å². The van der Waals surface area contributed by atoms with Crippen LogP contribution in [0.1, 0.15) is 11.1 Å². The van der Waals surface area contributed by atoms with Crippen molar-refractivity contribution in [2.45, 2.75) is 6.10 Å². The van der Waals surface area contributed by atoms with Gasteiger partial charge in [-0.25, -0.2) is 0 Å². The minimum Gasteiger partial charge on any atom is -0.497 e. The number of benzene rings is 2. The molecule has 0 aliphatic carbocycles. The van der Waals surface area contributed by atoms with Gasteiger partial charge < -0.3 is 14.2 Å². The maximum atomic E-state index is 6.04. The molecule has 26 heavy (non-hydrogen) atoms. The second-order valence-electron chi connectivity index (χ2n) is 5.75. The zero-order valence-corrected chi connectivity index (χ0v) is 14.6. The van der Waals surface area contributed by atoms with Gasteiger partial charge in [-0.05, 0) is 36.4 Å². The molecule has 0 fully saturated rings. The first kappa shape index (κ1) is 15.2. The molecule has 0 spiro atoms. The van der Waals surface area contributed by atoms with Crippen molar-refractivity contribution >= 4 is 16.3 Å². The topological polar surface area (TPSA) is 70.8 Å². The molecule has 0 amide bonds. The maximum absolute atomic E-state index is 6.04. The average Bonchev–Trinajstić information content (AvgIpc) is 3.28. The minimum absolute atomic E-state index is 0.264. The normalized spacial score (nSPS) is 16.0. The molecule has 8 heteroatoms. The lowest BCUT2D eigenvalue weighted by atomic mass is 10.2. The molecule has 4 aromatic rings. The molecule has 2 aromatic carbocycles. The average molecular weight is 366 g/mol. The van der Waals surface area contributed by atoms with Crippen molar-refractivity contribution in [2.75, 3.05) is 13.7 Å². The molecular formula is C18H14N4O3S. The van der Waals surface area contributed by atoms with Gasteiger partial charge in [0.05, 0.1) is 7.11 Å². The largest absolute Gasteiger partial charge is 0.497 e. The molecule has 5 rings (SSSR count). The van der Waals surface area contributed by atoms with Crippen LogP contribution in [0.25, 0.3) is 16.3 Å². The number of rotatable bonds is 3. The number of ether oxygens (including phenoxy) is 3. The summed E-state index contributed by atoms with van der Waals surface area (Å²) < 4.78 is 18.8. The second-order valence-corrected chi connectivity index (χ2v) is 6.74. The van der Waals surface area contributed by atoms with Crippen molar-refractivity contribution in [1.82, 2.24) is 19.8 Å². The zero-order chi connectivity index (χ0) is 17.5. The Morgan fingerprint density at radius 2 is 1.88 bits per heavy atom. The summed E-state index contributed by atoms with van der Waals surface area (Å²) in [5.41, 5.74) is 0.918. The van der Waals surface area contributed by atoms with Crippen LogP contribution in [-0.4, -0.2) is 33.5 Å². The number of hydrogen-bond acceptors (Lipinski definition) is 7. The fourth-order valence-corrected chi connectivity index (χ4v) is 3.68. The highest BCUT2D eigenvalue weighted by molar-refractivity contribution is 7.16. The van der Waals surface area contributed by atoms with Crippen molar-refractivity contribution in [3.8, 4) is 28.6 Å². The van der Waals surface area contributed by atoms with Crippen LogP contribution in [0.3, 0.4) is 0 Å². The van der Waals surface area contributed by atoms with Crippen molar-refractivity contribution in [3.63, 3.8) is 0 Å². The summed E-state index contributed by atoms with van der Waals surface area (Å²) in [6, 6.07) is 15.3. The number of aromatic nitrogens is 4. The molecule has 0 radical (unpaired) electrons. The summed E-state index contributed by atoms with van der Waals surface area (Å²) >= 11 is 1.45. The van der Waals surface area contributed by atoms with E-state index in [4.69, 9.17) is 14.2 Å². The third-order valence-corrected chi connectivity index (χ3v) is 5.13. The molecule has 3 heterocycles. The van der Waals surface area contributed by atoms with Crippen LogP contribution in [0.2, 0.25) is 0 Å². The smallest absolute Gasteiger partial charge is 0.235 e. The van der Waals surface area contributed by atoms with Gasteiger partial charge in [0.25, 0.3) is 0 Å². The number of hydrogen-bond donors (Lipinski definition) is 0.